The summed E-state index contributed by atoms with van der Waals surface area (Å²) in [5.74, 6) is 2.13. The van der Waals surface area contributed by atoms with Crippen LogP contribution in [0.15, 0.2) is 42.5 Å². The molecule has 1 amide bonds. The first-order chi connectivity index (χ1) is 14.5. The van der Waals surface area contributed by atoms with Gasteiger partial charge in [0.05, 0.1) is 18.2 Å². The molecule has 2 heterocycles. The maximum absolute atomic E-state index is 12.8. The van der Waals surface area contributed by atoms with E-state index in [1.54, 1.807) is 11.8 Å². The molecule has 0 saturated heterocycles. The van der Waals surface area contributed by atoms with Gasteiger partial charge in [0.15, 0.2) is 5.82 Å². The Morgan fingerprint density at radius 3 is 2.57 bits per heavy atom. The van der Waals surface area contributed by atoms with E-state index >= 15 is 0 Å². The van der Waals surface area contributed by atoms with Crippen LogP contribution in [0.5, 0.6) is 5.75 Å². The second-order valence-electron chi connectivity index (χ2n) is 7.58. The number of para-hydroxylation sites is 1. The first kappa shape index (κ1) is 19.9. The summed E-state index contributed by atoms with van der Waals surface area (Å²) in [6, 6.07) is 13.5. The molecule has 1 aromatic carbocycles. The Bertz CT molecular complexity index is 1040. The highest BCUT2D eigenvalue weighted by Gasteiger charge is 2.52. The van der Waals surface area contributed by atoms with Crippen molar-refractivity contribution in [2.24, 2.45) is 0 Å². The minimum Gasteiger partial charge on any atom is -0.496 e. The third kappa shape index (κ3) is 3.85. The highest BCUT2D eigenvalue weighted by molar-refractivity contribution is 5.92. The van der Waals surface area contributed by atoms with E-state index in [0.29, 0.717) is 24.7 Å². The van der Waals surface area contributed by atoms with E-state index in [1.807, 2.05) is 56.3 Å². The molecule has 0 radical (unpaired) electrons. The van der Waals surface area contributed by atoms with Crippen molar-refractivity contribution in [2.45, 2.75) is 32.1 Å². The molecule has 0 spiro atoms. The molecule has 8 nitrogen and oxygen atoms in total. The predicted octanol–water partition coefficient (Wildman–Crippen LogP) is 2.55. The van der Waals surface area contributed by atoms with Gasteiger partial charge in [-0.3, -0.25) is 4.79 Å². The summed E-state index contributed by atoms with van der Waals surface area (Å²) < 4.78 is 7.20. The van der Waals surface area contributed by atoms with Crippen LogP contribution in [0, 0.1) is 13.8 Å². The van der Waals surface area contributed by atoms with E-state index < -0.39 is 5.41 Å². The number of aromatic nitrogens is 4. The van der Waals surface area contributed by atoms with Crippen LogP contribution in [0.1, 0.15) is 29.8 Å². The number of methoxy groups -OCH3 is 1. The number of nitrogens with zero attached hydrogens (tertiary/aromatic N) is 4. The van der Waals surface area contributed by atoms with Crippen molar-refractivity contribution in [2.75, 3.05) is 25.5 Å². The first-order valence-electron chi connectivity index (χ1n) is 10.1. The van der Waals surface area contributed by atoms with Gasteiger partial charge in [0.2, 0.25) is 5.91 Å². The Labute approximate surface area is 175 Å². The normalized spacial score (nSPS) is 14.2. The van der Waals surface area contributed by atoms with Gasteiger partial charge in [0.1, 0.15) is 11.6 Å². The average molecular weight is 406 g/mol. The number of rotatable bonds is 8. The minimum absolute atomic E-state index is 0.0414. The zero-order chi connectivity index (χ0) is 21.1. The molecule has 0 atom stereocenters. The van der Waals surface area contributed by atoms with Crippen LogP contribution in [0.3, 0.4) is 0 Å². The van der Waals surface area contributed by atoms with Crippen molar-refractivity contribution in [1.29, 1.82) is 0 Å². The zero-order valence-electron chi connectivity index (χ0n) is 17.5. The molecule has 0 unspecified atom stereocenters. The molecule has 1 saturated carbocycles. The number of hydrogen-bond donors (Lipinski definition) is 2. The lowest BCUT2D eigenvalue weighted by atomic mass is 9.94. The summed E-state index contributed by atoms with van der Waals surface area (Å²) in [5, 5.41) is 19.1. The zero-order valence-corrected chi connectivity index (χ0v) is 17.5. The van der Waals surface area contributed by atoms with E-state index in [-0.39, 0.29) is 5.91 Å². The summed E-state index contributed by atoms with van der Waals surface area (Å²) in [6.45, 7) is 4.98. The number of anilines is 1. The quantitative estimate of drug-likeness (QED) is 0.559. The summed E-state index contributed by atoms with van der Waals surface area (Å²) in [7, 11) is 1.64. The third-order valence-electron chi connectivity index (χ3n) is 5.40. The van der Waals surface area contributed by atoms with Crippen LogP contribution in [0.2, 0.25) is 0 Å². The molecule has 8 heteroatoms. The lowest BCUT2D eigenvalue weighted by molar-refractivity contribution is -0.123. The van der Waals surface area contributed by atoms with Gasteiger partial charge in [-0.25, -0.2) is 4.68 Å². The second-order valence-corrected chi connectivity index (χ2v) is 7.58. The van der Waals surface area contributed by atoms with E-state index in [9.17, 15) is 4.79 Å². The predicted molar refractivity (Wildman–Crippen MR) is 114 cm³/mol. The lowest BCUT2D eigenvalue weighted by Gasteiger charge is -2.18. The topological polar surface area (TPSA) is 94.0 Å². The van der Waals surface area contributed by atoms with E-state index in [1.165, 1.54) is 0 Å². The van der Waals surface area contributed by atoms with Crippen molar-refractivity contribution in [1.82, 2.24) is 25.3 Å². The second kappa shape index (κ2) is 8.14. The Morgan fingerprint density at radius 2 is 1.93 bits per heavy atom. The van der Waals surface area contributed by atoms with Gasteiger partial charge >= 0.3 is 0 Å². The molecule has 1 fully saturated rings. The van der Waals surface area contributed by atoms with E-state index in [2.05, 4.69) is 25.9 Å². The molecule has 2 N–H and O–H groups in total. The molecule has 1 aliphatic carbocycles. The average Bonchev–Trinajstić information content (AvgIpc) is 3.50. The number of benzene rings is 1. The van der Waals surface area contributed by atoms with Crippen molar-refractivity contribution >= 4 is 11.7 Å². The van der Waals surface area contributed by atoms with Crippen LogP contribution in [-0.4, -0.2) is 46.1 Å². The number of hydrogen-bond acceptors (Lipinski definition) is 6. The molecule has 30 heavy (non-hydrogen) atoms. The first-order valence-corrected chi connectivity index (χ1v) is 10.1. The van der Waals surface area contributed by atoms with Gasteiger partial charge in [-0.15, -0.1) is 10.2 Å². The number of nitrogens with one attached hydrogen (secondary N) is 2. The monoisotopic (exact) mass is 406 g/mol. The van der Waals surface area contributed by atoms with Crippen LogP contribution in [-0.2, 0) is 10.2 Å². The molecule has 0 aliphatic heterocycles. The Hall–Kier alpha value is -3.42. The summed E-state index contributed by atoms with van der Waals surface area (Å²) >= 11 is 0. The number of aryl methyl sites for hydroxylation is 2. The van der Waals surface area contributed by atoms with E-state index in [4.69, 9.17) is 4.74 Å². The highest BCUT2D eigenvalue weighted by Crippen LogP contribution is 2.51. The van der Waals surface area contributed by atoms with Crippen LogP contribution in [0.4, 0.5) is 5.82 Å². The summed E-state index contributed by atoms with van der Waals surface area (Å²) in [4.78, 5) is 12.8. The van der Waals surface area contributed by atoms with Crippen molar-refractivity contribution in [3.63, 3.8) is 0 Å². The SMILES string of the molecule is COc1ccccc1C1(C(=O)NCCNc2ccc(-n3nc(C)cc3C)nn2)CC1. The molecule has 2 aromatic heterocycles. The van der Waals surface area contributed by atoms with Crippen LogP contribution < -0.4 is 15.4 Å². The van der Waals surface area contributed by atoms with Crippen molar-refractivity contribution in [3.8, 4) is 11.6 Å². The van der Waals surface area contributed by atoms with Gasteiger partial charge in [0.25, 0.3) is 0 Å². The largest absolute Gasteiger partial charge is 0.496 e. The van der Waals surface area contributed by atoms with Crippen molar-refractivity contribution < 1.29 is 9.53 Å². The molecule has 0 bridgehead atoms. The van der Waals surface area contributed by atoms with Gasteiger partial charge in [0, 0.05) is 24.3 Å². The van der Waals surface area contributed by atoms with Gasteiger partial charge in [-0.2, -0.15) is 5.10 Å². The van der Waals surface area contributed by atoms with Gasteiger partial charge in [-0.1, -0.05) is 18.2 Å². The molecular weight excluding hydrogens is 380 g/mol. The number of carbonyl (C=O) groups excluding carboxylic acids is 1. The van der Waals surface area contributed by atoms with Gasteiger partial charge < -0.3 is 15.4 Å². The fraction of sp³-hybridized carbons (Fsp3) is 0.364. The standard InChI is InChI=1S/C22H26N6O2/c1-15-14-16(2)28(27-15)20-9-8-19(25-26-20)23-12-13-24-21(29)22(10-11-22)17-6-4-5-7-18(17)30-3/h4-9,14H,10-13H2,1-3H3,(H,23,25)(H,24,29). The lowest BCUT2D eigenvalue weighted by Crippen LogP contribution is -2.37. The third-order valence-corrected chi connectivity index (χ3v) is 5.40. The number of ether oxygens (including phenoxy) is 1. The summed E-state index contributed by atoms with van der Waals surface area (Å²) in [5.41, 5.74) is 2.44. The number of amides is 1. The molecular formula is C22H26N6O2. The molecule has 156 valence electrons. The van der Waals surface area contributed by atoms with Crippen LogP contribution >= 0.6 is 0 Å². The smallest absolute Gasteiger partial charge is 0.230 e. The summed E-state index contributed by atoms with van der Waals surface area (Å²) in [6.07, 6.45) is 1.68. The fourth-order valence-corrected chi connectivity index (χ4v) is 3.71. The molecule has 3 aromatic rings. The fourth-order valence-electron chi connectivity index (χ4n) is 3.71. The van der Waals surface area contributed by atoms with Crippen molar-refractivity contribution in [3.05, 3.63) is 59.4 Å². The minimum atomic E-state index is -0.464. The van der Waals surface area contributed by atoms with E-state index in [0.717, 1.165) is 35.5 Å². The number of carbonyl (C=O) groups is 1. The maximum atomic E-state index is 12.8. The maximum Gasteiger partial charge on any atom is 0.230 e. The highest BCUT2D eigenvalue weighted by atomic mass is 16.5. The Morgan fingerprint density at radius 1 is 1.13 bits per heavy atom. The molecule has 4 rings (SSSR count). The molecule has 1 aliphatic rings. The van der Waals surface area contributed by atoms with Crippen LogP contribution in [0.25, 0.3) is 5.82 Å². The Balaban J connectivity index is 1.30. The van der Waals surface area contributed by atoms with Gasteiger partial charge in [-0.05, 0) is 51.0 Å². The Kier molecular flexibility index (Phi) is 5.39.